The number of hydrogen-bond donors (Lipinski definition) is 0. The van der Waals surface area contributed by atoms with Gasteiger partial charge in [0.05, 0.1) is 0 Å². The van der Waals surface area contributed by atoms with Gasteiger partial charge in [0.25, 0.3) is 0 Å². The fourth-order valence-electron chi connectivity index (χ4n) is 2.60. The molecule has 17 heavy (non-hydrogen) atoms. The molecule has 0 saturated carbocycles. The van der Waals surface area contributed by atoms with Crippen LogP contribution in [0.5, 0.6) is 0 Å². The smallest absolute Gasteiger partial charge is 0.00358 e. The van der Waals surface area contributed by atoms with Gasteiger partial charge in [-0.2, -0.15) is 0 Å². The van der Waals surface area contributed by atoms with Gasteiger partial charge >= 0.3 is 0 Å². The molecule has 0 radical (unpaired) electrons. The van der Waals surface area contributed by atoms with E-state index >= 15 is 0 Å². The predicted octanol–water partition coefficient (Wildman–Crippen LogP) is 3.92. The number of allylic oxidation sites excluding steroid dienone is 1. The fourth-order valence-corrected chi connectivity index (χ4v) is 3.53. The minimum atomic E-state index is -0.280. The normalized spacial score (nSPS) is 13.4. The Hall–Kier alpha value is -1.47. The second kappa shape index (κ2) is 4.08. The van der Waals surface area contributed by atoms with E-state index in [2.05, 4.69) is 61.2 Å². The van der Waals surface area contributed by atoms with Crippen molar-refractivity contribution < 1.29 is 0 Å². The molecule has 0 nitrogen and oxygen atoms in total. The summed E-state index contributed by atoms with van der Waals surface area (Å²) in [4.78, 5) is 0. The lowest BCUT2D eigenvalue weighted by Crippen LogP contribution is -1.96. The van der Waals surface area contributed by atoms with E-state index in [4.69, 9.17) is 0 Å². The monoisotopic (exact) mass is 236 g/mol. The van der Waals surface area contributed by atoms with Crippen LogP contribution in [0.15, 0.2) is 42.0 Å². The first-order valence-electron chi connectivity index (χ1n) is 6.10. The zero-order valence-electron chi connectivity index (χ0n) is 10.3. The van der Waals surface area contributed by atoms with E-state index in [0.29, 0.717) is 0 Å². The molecule has 0 amide bonds. The van der Waals surface area contributed by atoms with Crippen LogP contribution in [0.1, 0.15) is 11.1 Å². The van der Waals surface area contributed by atoms with Crippen molar-refractivity contribution in [3.8, 4) is 0 Å². The molecule has 0 bridgehead atoms. The van der Waals surface area contributed by atoms with E-state index in [1.165, 1.54) is 27.5 Å². The topological polar surface area (TPSA) is 0 Å². The van der Waals surface area contributed by atoms with Gasteiger partial charge in [-0.1, -0.05) is 61.2 Å². The fraction of sp³-hybridized carbons (Fsp3) is 0.188. The van der Waals surface area contributed by atoms with Crippen molar-refractivity contribution in [3.63, 3.8) is 0 Å². The molecule has 0 spiro atoms. The lowest BCUT2D eigenvalue weighted by atomic mass is 10.0. The molecule has 1 heteroatoms. The molecule has 0 N–H and O–H groups in total. The molecule has 2 aromatic carbocycles. The largest absolute Gasteiger partial charge is 0.0788 e. The van der Waals surface area contributed by atoms with Crippen molar-refractivity contribution in [2.75, 3.05) is 0 Å². The summed E-state index contributed by atoms with van der Waals surface area (Å²) >= 11 is 0. The van der Waals surface area contributed by atoms with Gasteiger partial charge < -0.3 is 0 Å². The molecule has 0 atom stereocenters. The third kappa shape index (κ3) is 1.91. The molecule has 1 aliphatic carbocycles. The minimum absolute atomic E-state index is 0.280. The van der Waals surface area contributed by atoms with Crippen molar-refractivity contribution in [2.45, 2.75) is 19.5 Å². The third-order valence-electron chi connectivity index (χ3n) is 3.27. The van der Waals surface area contributed by atoms with Crippen LogP contribution >= 0.6 is 0 Å². The summed E-state index contributed by atoms with van der Waals surface area (Å²) in [6, 6.07) is 13.2. The van der Waals surface area contributed by atoms with Gasteiger partial charge in [-0.25, -0.2) is 0 Å². The molecular weight excluding hydrogens is 220 g/mol. The van der Waals surface area contributed by atoms with Crippen LogP contribution in [-0.4, -0.2) is 14.1 Å². The van der Waals surface area contributed by atoms with Crippen molar-refractivity contribution >= 4 is 30.9 Å². The molecule has 0 heterocycles. The Labute approximate surface area is 104 Å². The van der Waals surface area contributed by atoms with Crippen LogP contribution in [0.25, 0.3) is 16.8 Å². The zero-order chi connectivity index (χ0) is 11.8. The maximum absolute atomic E-state index is 2.47. The summed E-state index contributed by atoms with van der Waals surface area (Å²) in [5.41, 5.74) is 6.91. The second-order valence-corrected chi connectivity index (χ2v) is 7.42. The minimum Gasteiger partial charge on any atom is -0.0788 e. The Morgan fingerprint density at radius 1 is 1.06 bits per heavy atom. The average molecular weight is 236 g/mol. The van der Waals surface area contributed by atoms with Crippen LogP contribution in [0.3, 0.4) is 0 Å². The number of hydrogen-bond acceptors (Lipinski definition) is 0. The molecule has 0 fully saturated rings. The van der Waals surface area contributed by atoms with Gasteiger partial charge in [0.15, 0.2) is 0 Å². The van der Waals surface area contributed by atoms with E-state index in [1.54, 1.807) is 0 Å². The highest BCUT2D eigenvalue weighted by molar-refractivity contribution is 6.66. The van der Waals surface area contributed by atoms with Gasteiger partial charge in [-0.15, -0.1) is 0 Å². The van der Waals surface area contributed by atoms with Gasteiger partial charge in [-0.05, 0) is 33.9 Å². The highest BCUT2D eigenvalue weighted by Crippen LogP contribution is 2.30. The SMILES string of the molecule is C[Si](C)=CC1=Cc2ccc3ccccc3c2C1. The lowest BCUT2D eigenvalue weighted by molar-refractivity contribution is 1.31. The molecule has 84 valence electrons. The van der Waals surface area contributed by atoms with E-state index in [9.17, 15) is 0 Å². The standard InChI is InChI=1S/C16H16Si/c1-17(2)11-12-9-14-8-7-13-5-3-4-6-15(13)16(14)10-12/h3-9,11H,10H2,1-2H3. The summed E-state index contributed by atoms with van der Waals surface area (Å²) in [6.45, 7) is 4.68. The Morgan fingerprint density at radius 2 is 1.88 bits per heavy atom. The summed E-state index contributed by atoms with van der Waals surface area (Å²) < 4.78 is 0. The van der Waals surface area contributed by atoms with Crippen LogP contribution in [0.2, 0.25) is 13.1 Å². The summed E-state index contributed by atoms with van der Waals surface area (Å²) in [7, 11) is -0.280. The Kier molecular flexibility index (Phi) is 2.56. The third-order valence-corrected chi connectivity index (χ3v) is 4.22. The van der Waals surface area contributed by atoms with Gasteiger partial charge in [-0.3, -0.25) is 0 Å². The van der Waals surface area contributed by atoms with Crippen LogP contribution in [-0.2, 0) is 6.42 Å². The van der Waals surface area contributed by atoms with E-state index in [0.717, 1.165) is 6.42 Å². The highest BCUT2D eigenvalue weighted by atomic mass is 28.2. The first-order chi connectivity index (χ1) is 8.24. The summed E-state index contributed by atoms with van der Waals surface area (Å²) in [5, 5.41) is 2.78. The van der Waals surface area contributed by atoms with Gasteiger partial charge in [0.2, 0.25) is 0 Å². The van der Waals surface area contributed by atoms with Gasteiger partial charge in [0.1, 0.15) is 0 Å². The van der Waals surface area contributed by atoms with Gasteiger partial charge in [0, 0.05) is 8.41 Å². The molecule has 0 aromatic heterocycles. The number of benzene rings is 2. The number of rotatable bonds is 1. The molecule has 3 rings (SSSR count). The zero-order valence-corrected chi connectivity index (χ0v) is 11.3. The van der Waals surface area contributed by atoms with Crippen molar-refractivity contribution in [1.82, 2.24) is 0 Å². The number of fused-ring (bicyclic) bond motifs is 3. The first kappa shape index (κ1) is 10.7. The summed E-state index contributed by atoms with van der Waals surface area (Å²) in [6.07, 6.45) is 3.48. The van der Waals surface area contributed by atoms with E-state index in [-0.39, 0.29) is 8.41 Å². The molecule has 2 aromatic rings. The Balaban J connectivity index is 2.14. The van der Waals surface area contributed by atoms with Crippen molar-refractivity contribution in [2.24, 2.45) is 0 Å². The predicted molar refractivity (Wildman–Crippen MR) is 79.2 cm³/mol. The molecule has 0 unspecified atom stereocenters. The van der Waals surface area contributed by atoms with Crippen LogP contribution in [0, 0.1) is 0 Å². The average Bonchev–Trinajstić information content (AvgIpc) is 2.70. The van der Waals surface area contributed by atoms with E-state index < -0.39 is 0 Å². The lowest BCUT2D eigenvalue weighted by Gasteiger charge is -2.04. The van der Waals surface area contributed by atoms with Crippen LogP contribution < -0.4 is 0 Å². The maximum atomic E-state index is 2.47. The first-order valence-corrected chi connectivity index (χ1v) is 8.68. The Morgan fingerprint density at radius 3 is 2.71 bits per heavy atom. The highest BCUT2D eigenvalue weighted by Gasteiger charge is 2.13. The van der Waals surface area contributed by atoms with Crippen molar-refractivity contribution in [1.29, 1.82) is 0 Å². The molecule has 1 aliphatic rings. The Bertz CT molecular complexity index is 644. The molecule has 0 aliphatic heterocycles. The van der Waals surface area contributed by atoms with Crippen LogP contribution in [0.4, 0.5) is 0 Å². The maximum Gasteiger partial charge on any atom is 0.00358 e. The molecular formula is C16H16Si. The van der Waals surface area contributed by atoms with E-state index in [1.807, 2.05) is 0 Å². The molecule has 0 saturated heterocycles. The quantitative estimate of drug-likeness (QED) is 0.658. The van der Waals surface area contributed by atoms with Crippen molar-refractivity contribution in [3.05, 3.63) is 53.1 Å². The summed E-state index contributed by atoms with van der Waals surface area (Å²) in [5.74, 6) is 0. The second-order valence-electron chi connectivity index (χ2n) is 4.97.